The predicted molar refractivity (Wildman–Crippen MR) is 71.7 cm³/mol. The van der Waals surface area contributed by atoms with Crippen molar-refractivity contribution in [2.45, 2.75) is 39.2 Å². The van der Waals surface area contributed by atoms with Crippen LogP contribution in [0.3, 0.4) is 0 Å². The fourth-order valence-electron chi connectivity index (χ4n) is 2.37. The molecule has 0 fully saturated rings. The molecule has 6 nitrogen and oxygen atoms in total. The Hall–Kier alpha value is -1.76. The summed E-state index contributed by atoms with van der Waals surface area (Å²) >= 11 is 1.62. The number of aryl methyl sites for hydroxylation is 1. The second-order valence-electron chi connectivity index (χ2n) is 4.92. The van der Waals surface area contributed by atoms with E-state index in [1.807, 2.05) is 13.8 Å². The van der Waals surface area contributed by atoms with Gasteiger partial charge in [-0.3, -0.25) is 4.79 Å². The lowest BCUT2D eigenvalue weighted by Crippen LogP contribution is -2.31. The zero-order valence-corrected chi connectivity index (χ0v) is 11.7. The second-order valence-corrected chi connectivity index (χ2v) is 6.00. The lowest BCUT2D eigenvalue weighted by Gasteiger charge is -2.10. The molecule has 0 unspecified atom stereocenters. The van der Waals surface area contributed by atoms with Gasteiger partial charge in [-0.2, -0.15) is 4.68 Å². The number of thiophene rings is 1. The maximum atomic E-state index is 12.4. The Morgan fingerprint density at radius 2 is 2.32 bits per heavy atom. The fraction of sp³-hybridized carbons (Fsp3) is 0.500. The number of hydrogen-bond donors (Lipinski definition) is 1. The third-order valence-electron chi connectivity index (χ3n) is 3.11. The van der Waals surface area contributed by atoms with Crippen molar-refractivity contribution in [1.82, 2.24) is 25.5 Å². The van der Waals surface area contributed by atoms with Crippen LogP contribution >= 0.6 is 11.3 Å². The molecule has 2 aromatic rings. The molecule has 1 N–H and O–H groups in total. The Morgan fingerprint density at radius 3 is 3.00 bits per heavy atom. The van der Waals surface area contributed by atoms with Crippen LogP contribution in [0, 0.1) is 0 Å². The van der Waals surface area contributed by atoms with E-state index in [2.05, 4.69) is 20.8 Å². The summed E-state index contributed by atoms with van der Waals surface area (Å²) < 4.78 is 1.58. The highest BCUT2D eigenvalue weighted by Crippen LogP contribution is 2.37. The van der Waals surface area contributed by atoms with E-state index in [1.54, 1.807) is 16.0 Å². The molecule has 0 atom stereocenters. The van der Waals surface area contributed by atoms with Crippen LogP contribution in [-0.2, 0) is 12.8 Å². The van der Waals surface area contributed by atoms with Gasteiger partial charge in [0.15, 0.2) is 0 Å². The minimum atomic E-state index is -0.0279. The highest BCUT2D eigenvalue weighted by atomic mass is 32.1. The Labute approximate surface area is 114 Å². The first kappa shape index (κ1) is 12.3. The first-order valence-electron chi connectivity index (χ1n) is 6.35. The smallest absolute Gasteiger partial charge is 0.254 e. The van der Waals surface area contributed by atoms with E-state index in [-0.39, 0.29) is 11.9 Å². The molecule has 0 saturated carbocycles. The molecule has 0 saturated heterocycles. The number of nitrogens with one attached hydrogen (secondary N) is 1. The topological polar surface area (TPSA) is 72.7 Å². The van der Waals surface area contributed by atoms with Crippen LogP contribution < -0.4 is 5.32 Å². The van der Waals surface area contributed by atoms with Gasteiger partial charge in [-0.15, -0.1) is 16.4 Å². The molecule has 0 aromatic carbocycles. The Bertz CT molecular complexity index is 602. The highest BCUT2D eigenvalue weighted by molar-refractivity contribution is 7.15. The minimum Gasteiger partial charge on any atom is -0.350 e. The lowest BCUT2D eigenvalue weighted by atomic mass is 10.1. The van der Waals surface area contributed by atoms with Crippen molar-refractivity contribution in [2.24, 2.45) is 0 Å². The van der Waals surface area contributed by atoms with E-state index in [1.165, 1.54) is 16.8 Å². The summed E-state index contributed by atoms with van der Waals surface area (Å²) in [4.78, 5) is 13.7. The molecule has 100 valence electrons. The van der Waals surface area contributed by atoms with Gasteiger partial charge in [-0.25, -0.2) is 0 Å². The summed E-state index contributed by atoms with van der Waals surface area (Å²) in [5.41, 5.74) is 1.92. The van der Waals surface area contributed by atoms with Crippen molar-refractivity contribution >= 4 is 17.2 Å². The molecule has 2 heterocycles. The molecule has 1 aliphatic carbocycles. The number of carbonyl (C=O) groups excluding carboxylic acids is 1. The van der Waals surface area contributed by atoms with E-state index in [0.29, 0.717) is 0 Å². The standard InChI is InChI=1S/C12H15N5OS/c1-7(2)14-11(18)10-8-4-3-5-9(8)19-12(10)17-6-13-15-16-17/h6-7H,3-5H2,1-2H3,(H,14,18). The van der Waals surface area contributed by atoms with Crippen LogP contribution in [-0.4, -0.2) is 32.2 Å². The Balaban J connectivity index is 2.08. The van der Waals surface area contributed by atoms with Crippen LogP contribution in [0.1, 0.15) is 41.1 Å². The van der Waals surface area contributed by atoms with Crippen molar-refractivity contribution < 1.29 is 4.79 Å². The van der Waals surface area contributed by atoms with Gasteiger partial charge in [0.25, 0.3) is 5.91 Å². The number of tetrazole rings is 1. The average molecular weight is 277 g/mol. The number of aromatic nitrogens is 4. The van der Waals surface area contributed by atoms with Crippen molar-refractivity contribution in [2.75, 3.05) is 0 Å². The van der Waals surface area contributed by atoms with E-state index in [9.17, 15) is 4.79 Å². The maximum Gasteiger partial charge on any atom is 0.254 e. The average Bonchev–Trinajstić information content (AvgIpc) is 3.03. The Morgan fingerprint density at radius 1 is 1.47 bits per heavy atom. The molecule has 0 bridgehead atoms. The molecule has 0 spiro atoms. The van der Waals surface area contributed by atoms with Crippen molar-refractivity contribution in [3.63, 3.8) is 0 Å². The summed E-state index contributed by atoms with van der Waals surface area (Å²) in [7, 11) is 0. The van der Waals surface area contributed by atoms with Gasteiger partial charge in [-0.1, -0.05) is 0 Å². The number of rotatable bonds is 3. The molecule has 1 aliphatic rings. The van der Waals surface area contributed by atoms with Crippen LogP contribution in [0.25, 0.3) is 5.00 Å². The van der Waals surface area contributed by atoms with Crippen LogP contribution in [0.5, 0.6) is 0 Å². The molecule has 0 radical (unpaired) electrons. The first-order valence-corrected chi connectivity index (χ1v) is 7.17. The summed E-state index contributed by atoms with van der Waals surface area (Å²) in [5, 5.41) is 15.0. The zero-order valence-electron chi connectivity index (χ0n) is 10.9. The second kappa shape index (κ2) is 4.73. The van der Waals surface area contributed by atoms with Gasteiger partial charge in [0.1, 0.15) is 11.3 Å². The molecular formula is C12H15N5OS. The first-order chi connectivity index (χ1) is 9.16. The molecular weight excluding hydrogens is 262 g/mol. The maximum absolute atomic E-state index is 12.4. The lowest BCUT2D eigenvalue weighted by molar-refractivity contribution is 0.0942. The molecule has 1 amide bonds. The molecule has 2 aromatic heterocycles. The van der Waals surface area contributed by atoms with E-state index in [4.69, 9.17) is 0 Å². The summed E-state index contributed by atoms with van der Waals surface area (Å²) in [6.07, 6.45) is 4.67. The van der Waals surface area contributed by atoms with E-state index in [0.717, 1.165) is 29.8 Å². The monoisotopic (exact) mass is 277 g/mol. The molecule has 7 heteroatoms. The minimum absolute atomic E-state index is 0.0279. The zero-order chi connectivity index (χ0) is 13.4. The third kappa shape index (κ3) is 2.14. The quantitative estimate of drug-likeness (QED) is 0.919. The molecule has 0 aliphatic heterocycles. The van der Waals surface area contributed by atoms with Gasteiger partial charge in [0.2, 0.25) is 0 Å². The fourth-order valence-corrected chi connectivity index (χ4v) is 3.68. The van der Waals surface area contributed by atoms with Gasteiger partial charge in [-0.05, 0) is 49.1 Å². The van der Waals surface area contributed by atoms with Crippen molar-refractivity contribution in [3.8, 4) is 5.00 Å². The van der Waals surface area contributed by atoms with Gasteiger partial charge < -0.3 is 5.32 Å². The summed E-state index contributed by atoms with van der Waals surface area (Å²) in [6, 6.07) is 0.117. The van der Waals surface area contributed by atoms with E-state index < -0.39 is 0 Å². The number of fused-ring (bicyclic) bond motifs is 1. The molecule has 3 rings (SSSR count). The van der Waals surface area contributed by atoms with Crippen molar-refractivity contribution in [1.29, 1.82) is 0 Å². The Kier molecular flexibility index (Phi) is 3.06. The predicted octanol–water partition coefficient (Wildman–Crippen LogP) is 1.35. The van der Waals surface area contributed by atoms with Gasteiger partial charge >= 0.3 is 0 Å². The van der Waals surface area contributed by atoms with Crippen LogP contribution in [0.2, 0.25) is 0 Å². The van der Waals surface area contributed by atoms with E-state index >= 15 is 0 Å². The number of carbonyl (C=O) groups is 1. The largest absolute Gasteiger partial charge is 0.350 e. The normalized spacial score (nSPS) is 13.8. The van der Waals surface area contributed by atoms with Crippen molar-refractivity contribution in [3.05, 3.63) is 22.3 Å². The van der Waals surface area contributed by atoms with Gasteiger partial charge in [0, 0.05) is 10.9 Å². The highest BCUT2D eigenvalue weighted by Gasteiger charge is 2.28. The summed E-state index contributed by atoms with van der Waals surface area (Å²) in [5.74, 6) is -0.0279. The number of hydrogen-bond acceptors (Lipinski definition) is 5. The molecule has 19 heavy (non-hydrogen) atoms. The van der Waals surface area contributed by atoms with Crippen LogP contribution in [0.15, 0.2) is 6.33 Å². The third-order valence-corrected chi connectivity index (χ3v) is 4.39. The number of nitrogens with zero attached hydrogens (tertiary/aromatic N) is 4. The van der Waals surface area contributed by atoms with Gasteiger partial charge in [0.05, 0.1) is 5.56 Å². The number of amides is 1. The summed E-state index contributed by atoms with van der Waals surface area (Å²) in [6.45, 7) is 3.92. The van der Waals surface area contributed by atoms with Crippen LogP contribution in [0.4, 0.5) is 0 Å². The SMILES string of the molecule is CC(C)NC(=O)c1c(-n2cnnn2)sc2c1CCC2.